The van der Waals surface area contributed by atoms with Crippen LogP contribution in [-0.4, -0.2) is 192 Å². The molecule has 3 rings (SSSR count). The highest BCUT2D eigenvalue weighted by Gasteiger charge is 2.59. The van der Waals surface area contributed by atoms with Crippen LogP contribution in [0.5, 0.6) is 0 Å². The van der Waals surface area contributed by atoms with Gasteiger partial charge in [-0.1, -0.05) is 0 Å². The Kier molecular flexibility index (Phi) is 13.4. The van der Waals surface area contributed by atoms with Crippen LogP contribution in [0, 0.1) is 0 Å². The summed E-state index contributed by atoms with van der Waals surface area (Å²) in [5.41, 5.74) is 0. The molecule has 20 heteroatoms. The average Bonchev–Trinajstić information content (AvgIpc) is 2.99. The smallest absolute Gasteiger partial charge is 0.364 e. The van der Waals surface area contributed by atoms with Crippen LogP contribution in [0.1, 0.15) is 20.3 Å². The number of aliphatic hydroxyl groups is 10. The van der Waals surface area contributed by atoms with Crippen molar-refractivity contribution in [1.29, 1.82) is 0 Å². The number of carboxylic acids is 1. The van der Waals surface area contributed by atoms with E-state index in [0.717, 1.165) is 6.92 Å². The highest BCUT2D eigenvalue weighted by atomic mass is 16.8. The lowest BCUT2D eigenvalue weighted by Gasteiger charge is -2.50. The second kappa shape index (κ2) is 15.9. The number of carbonyl (C=O) groups excluding carboxylic acids is 1. The van der Waals surface area contributed by atoms with Crippen molar-refractivity contribution in [1.82, 2.24) is 5.32 Å². The van der Waals surface area contributed by atoms with Gasteiger partial charge < -0.3 is 89.9 Å². The zero-order valence-electron chi connectivity index (χ0n) is 24.4. The molecule has 0 aromatic rings. The molecular formula is C25H43NO19. The van der Waals surface area contributed by atoms with Crippen LogP contribution in [0.2, 0.25) is 0 Å². The molecule has 3 saturated heterocycles. The van der Waals surface area contributed by atoms with Gasteiger partial charge in [-0.05, 0) is 6.92 Å². The van der Waals surface area contributed by atoms with E-state index in [1.165, 1.54) is 6.92 Å². The van der Waals surface area contributed by atoms with E-state index in [1.807, 2.05) is 0 Å². The number of ether oxygens (including phenoxy) is 6. The molecule has 0 aliphatic carbocycles. The molecule has 0 aromatic carbocycles. The van der Waals surface area contributed by atoms with Gasteiger partial charge in [0.15, 0.2) is 12.6 Å². The van der Waals surface area contributed by atoms with Crippen molar-refractivity contribution in [3.63, 3.8) is 0 Å². The van der Waals surface area contributed by atoms with E-state index in [0.29, 0.717) is 0 Å². The van der Waals surface area contributed by atoms with Crippen LogP contribution in [0.3, 0.4) is 0 Å². The number of hydrogen-bond donors (Lipinski definition) is 12. The van der Waals surface area contributed by atoms with Crippen LogP contribution in [0.15, 0.2) is 0 Å². The van der Waals surface area contributed by atoms with Gasteiger partial charge in [-0.15, -0.1) is 0 Å². The number of carbonyl (C=O) groups is 2. The van der Waals surface area contributed by atoms with Crippen molar-refractivity contribution >= 4 is 11.9 Å². The number of aliphatic hydroxyl groups excluding tert-OH is 10. The molecule has 3 fully saturated rings. The molecule has 12 N–H and O–H groups in total. The van der Waals surface area contributed by atoms with Crippen molar-refractivity contribution in [2.45, 2.75) is 118 Å². The molecule has 16 atom stereocenters. The van der Waals surface area contributed by atoms with Crippen molar-refractivity contribution in [2.75, 3.05) is 26.4 Å². The minimum Gasteiger partial charge on any atom is -0.477 e. The molecule has 0 aromatic heterocycles. The zero-order valence-corrected chi connectivity index (χ0v) is 24.4. The Bertz CT molecular complexity index is 977. The van der Waals surface area contributed by atoms with Gasteiger partial charge in [0.2, 0.25) is 5.91 Å². The topological polar surface area (TPSA) is 324 Å². The Morgan fingerprint density at radius 1 is 0.911 bits per heavy atom. The number of hydrogen-bond acceptors (Lipinski definition) is 18. The molecule has 45 heavy (non-hydrogen) atoms. The van der Waals surface area contributed by atoms with Crippen LogP contribution >= 0.6 is 0 Å². The quantitative estimate of drug-likeness (QED) is 0.0815. The minimum atomic E-state index is -2.94. The Morgan fingerprint density at radius 3 is 2.04 bits per heavy atom. The van der Waals surface area contributed by atoms with E-state index >= 15 is 0 Å². The van der Waals surface area contributed by atoms with Crippen LogP contribution < -0.4 is 5.32 Å². The average molecular weight is 662 g/mol. The van der Waals surface area contributed by atoms with Crippen molar-refractivity contribution in [2.24, 2.45) is 0 Å². The maximum absolute atomic E-state index is 12.5. The van der Waals surface area contributed by atoms with Crippen molar-refractivity contribution in [3.8, 4) is 0 Å². The number of amides is 1. The van der Waals surface area contributed by atoms with Gasteiger partial charge in [0, 0.05) is 13.3 Å². The maximum atomic E-state index is 12.5. The Labute approximate surface area is 256 Å². The van der Waals surface area contributed by atoms with Crippen LogP contribution in [0.25, 0.3) is 0 Å². The lowest BCUT2D eigenvalue weighted by molar-refractivity contribution is -0.370. The molecular weight excluding hydrogens is 618 g/mol. The normalized spacial score (nSPS) is 43.8. The molecule has 0 spiro atoms. The molecule has 0 radical (unpaired) electrons. The van der Waals surface area contributed by atoms with Gasteiger partial charge in [-0.3, -0.25) is 4.79 Å². The summed E-state index contributed by atoms with van der Waals surface area (Å²) < 4.78 is 32.6. The Morgan fingerprint density at radius 2 is 1.51 bits per heavy atom. The lowest BCUT2D eigenvalue weighted by atomic mass is 9.88. The second-order valence-corrected chi connectivity index (χ2v) is 11.1. The summed E-state index contributed by atoms with van der Waals surface area (Å²) in [6, 6.07) is -1.50. The standard InChI is InChI=1S/C25H43NO19/c1-8-14(32)17(35)18(36)22(42-8)40-3-4-41-23-19(37)21(16(34)12(7-28)43-23)45-25(24(38)39)5-10(30)13(26-9(2)29)20(44-25)15(33)11(31)6-27/h8,10-23,27-28,30-37H,3-7H2,1-2H3,(H,26,29)(H,38,39)/t8?,10-,11?,12+,13+,14-,15?,16+,17?,18-,19?,20?,21?,22+,23-,25-/m0/s1. The second-order valence-electron chi connectivity index (χ2n) is 11.1. The third kappa shape index (κ3) is 8.43. The molecule has 7 unspecified atom stereocenters. The van der Waals surface area contributed by atoms with E-state index < -0.39 is 136 Å². The SMILES string of the molecule is CC(=O)N[C@H]1C(C(O)C(O)CO)O[C@@](OC2C(O)[C@@H](OCCO[C@@H]3OC(C)[C@H](O)C(O)[C@@H]3O)O[C@H](CO)[C@H]2O)(C(=O)O)C[C@@H]1O. The molecule has 3 aliphatic rings. The van der Waals surface area contributed by atoms with E-state index in [1.54, 1.807) is 0 Å². The lowest BCUT2D eigenvalue weighted by Crippen LogP contribution is -2.70. The number of carboxylic acid groups (broad SMARTS) is 1. The monoisotopic (exact) mass is 661 g/mol. The number of nitrogens with one attached hydrogen (secondary N) is 1. The number of rotatable bonds is 13. The number of aliphatic carboxylic acids is 1. The van der Waals surface area contributed by atoms with Gasteiger partial charge >= 0.3 is 5.97 Å². The maximum Gasteiger partial charge on any atom is 0.364 e. The molecule has 3 heterocycles. The van der Waals surface area contributed by atoms with Gasteiger partial charge in [-0.25, -0.2) is 4.79 Å². The van der Waals surface area contributed by atoms with E-state index in [-0.39, 0.29) is 6.61 Å². The fourth-order valence-electron chi connectivity index (χ4n) is 5.28. The van der Waals surface area contributed by atoms with Crippen LogP contribution in [-0.2, 0) is 38.0 Å². The van der Waals surface area contributed by atoms with Gasteiger partial charge in [-0.2, -0.15) is 0 Å². The largest absolute Gasteiger partial charge is 0.477 e. The first kappa shape index (κ1) is 37.8. The zero-order chi connectivity index (χ0) is 33.8. The molecule has 262 valence electrons. The predicted molar refractivity (Wildman–Crippen MR) is 139 cm³/mol. The molecule has 0 saturated carbocycles. The first-order chi connectivity index (χ1) is 21.1. The van der Waals surface area contributed by atoms with E-state index in [4.69, 9.17) is 28.4 Å². The molecule has 20 nitrogen and oxygen atoms in total. The van der Waals surface area contributed by atoms with Crippen molar-refractivity contribution < 1.29 is 94.2 Å². The van der Waals surface area contributed by atoms with Crippen molar-refractivity contribution in [3.05, 3.63) is 0 Å². The Balaban J connectivity index is 1.76. The van der Waals surface area contributed by atoms with Gasteiger partial charge in [0.05, 0.1) is 44.7 Å². The molecule has 1 amide bonds. The molecule has 3 aliphatic heterocycles. The summed E-state index contributed by atoms with van der Waals surface area (Å²) in [5, 5.41) is 114. The summed E-state index contributed by atoms with van der Waals surface area (Å²) in [7, 11) is 0. The fourth-order valence-corrected chi connectivity index (χ4v) is 5.28. The highest BCUT2D eigenvalue weighted by molar-refractivity contribution is 5.76. The summed E-state index contributed by atoms with van der Waals surface area (Å²) in [4.78, 5) is 24.3. The van der Waals surface area contributed by atoms with E-state index in [2.05, 4.69) is 5.32 Å². The summed E-state index contributed by atoms with van der Waals surface area (Å²) >= 11 is 0. The summed E-state index contributed by atoms with van der Waals surface area (Å²) in [6.45, 7) is -0.128. The van der Waals surface area contributed by atoms with Gasteiger partial charge in [0.25, 0.3) is 5.79 Å². The highest BCUT2D eigenvalue weighted by Crippen LogP contribution is 2.37. The first-order valence-corrected chi connectivity index (χ1v) is 14.1. The third-order valence-electron chi connectivity index (χ3n) is 7.79. The van der Waals surface area contributed by atoms with Gasteiger partial charge in [0.1, 0.15) is 61.0 Å². The Hall–Kier alpha value is -1.70. The summed E-state index contributed by atoms with van der Waals surface area (Å²) in [6.07, 6.45) is -24.5. The first-order valence-electron chi connectivity index (χ1n) is 14.1. The minimum absolute atomic E-state index is 0.340. The molecule has 0 bridgehead atoms. The fraction of sp³-hybridized carbons (Fsp3) is 0.920. The van der Waals surface area contributed by atoms with Crippen LogP contribution in [0.4, 0.5) is 0 Å². The van der Waals surface area contributed by atoms with E-state index in [9.17, 15) is 65.8 Å². The third-order valence-corrected chi connectivity index (χ3v) is 7.79. The predicted octanol–water partition coefficient (Wildman–Crippen LogP) is -7.18. The summed E-state index contributed by atoms with van der Waals surface area (Å²) in [5.74, 6) is -5.58.